The van der Waals surface area contributed by atoms with Crippen molar-refractivity contribution in [3.05, 3.63) is 54.0 Å². The summed E-state index contributed by atoms with van der Waals surface area (Å²) in [4.78, 5) is 8.13. The number of rotatable bonds is 5. The Morgan fingerprint density at radius 2 is 1.83 bits per heavy atom. The first-order chi connectivity index (χ1) is 11.8. The van der Waals surface area contributed by atoms with Gasteiger partial charge < -0.3 is 4.98 Å². The molecule has 0 amide bonds. The first-order valence-electron chi connectivity index (χ1n) is 8.24. The molecule has 1 aromatic carbocycles. The van der Waals surface area contributed by atoms with Crippen molar-refractivity contribution in [1.29, 1.82) is 0 Å². The summed E-state index contributed by atoms with van der Waals surface area (Å²) in [5.41, 5.74) is 5.21. The van der Waals surface area contributed by atoms with Crippen molar-refractivity contribution in [2.75, 3.05) is 0 Å². The lowest BCUT2D eigenvalue weighted by atomic mass is 10.2. The van der Waals surface area contributed by atoms with Crippen molar-refractivity contribution < 1.29 is 0 Å². The molecule has 0 aliphatic carbocycles. The van der Waals surface area contributed by atoms with Crippen molar-refractivity contribution in [2.45, 2.75) is 33.4 Å². The van der Waals surface area contributed by atoms with E-state index < -0.39 is 0 Å². The van der Waals surface area contributed by atoms with E-state index in [9.17, 15) is 0 Å². The molecule has 4 rings (SSSR count). The van der Waals surface area contributed by atoms with Crippen LogP contribution in [-0.2, 0) is 13.1 Å². The molecule has 0 atom stereocenters. The lowest BCUT2D eigenvalue weighted by molar-refractivity contribution is 0.587. The molecule has 0 aliphatic heterocycles. The number of fused-ring (bicyclic) bond motifs is 1. The molecule has 0 fully saturated rings. The van der Waals surface area contributed by atoms with Gasteiger partial charge in [0.25, 0.3) is 0 Å². The molecule has 0 bridgehead atoms. The molecule has 0 unspecified atom stereocenters. The second-order valence-electron chi connectivity index (χ2n) is 5.98. The molecule has 0 saturated heterocycles. The Labute approximate surface area is 140 Å². The van der Waals surface area contributed by atoms with E-state index in [0.29, 0.717) is 6.54 Å². The molecule has 6 nitrogen and oxygen atoms in total. The fraction of sp³-hybridized carbons (Fsp3) is 0.278. The van der Waals surface area contributed by atoms with Gasteiger partial charge in [-0.2, -0.15) is 10.2 Å². The number of hydrogen-bond donors (Lipinski definition) is 1. The van der Waals surface area contributed by atoms with Crippen LogP contribution in [0.25, 0.3) is 22.6 Å². The summed E-state index contributed by atoms with van der Waals surface area (Å²) in [6.45, 7) is 5.87. The second kappa shape index (κ2) is 5.96. The highest BCUT2D eigenvalue weighted by molar-refractivity contribution is 5.76. The average Bonchev–Trinajstić information content (AvgIpc) is 3.26. The summed E-state index contributed by atoms with van der Waals surface area (Å²) in [5, 5.41) is 8.91. The van der Waals surface area contributed by atoms with Crippen LogP contribution < -0.4 is 0 Å². The highest BCUT2D eigenvalue weighted by Gasteiger charge is 2.15. The maximum absolute atomic E-state index is 4.76. The van der Waals surface area contributed by atoms with Crippen molar-refractivity contribution in [1.82, 2.24) is 29.5 Å². The Balaban J connectivity index is 1.69. The summed E-state index contributed by atoms with van der Waals surface area (Å²) in [7, 11) is 0. The zero-order valence-corrected chi connectivity index (χ0v) is 13.9. The molecular formula is C18H20N6. The highest BCUT2D eigenvalue weighted by atomic mass is 15.3. The number of H-pyrrole nitrogens is 1. The molecular weight excluding hydrogens is 300 g/mol. The molecule has 122 valence electrons. The number of imidazole rings is 1. The van der Waals surface area contributed by atoms with Crippen molar-refractivity contribution in [2.24, 2.45) is 0 Å². The standard InChI is InChI=1S/C18H20N6/c1-3-9-23-13(2)15(10-19-23)17-21-16-11-20-24(18(16)22-17)12-14-7-5-4-6-8-14/h4-8,10-11H,3,9,12H2,1-2H3,(H,21,22). The van der Waals surface area contributed by atoms with Gasteiger partial charge in [0.15, 0.2) is 5.65 Å². The zero-order chi connectivity index (χ0) is 16.5. The number of aromatic amines is 1. The Hall–Kier alpha value is -2.89. The van der Waals surface area contributed by atoms with E-state index in [2.05, 4.69) is 41.2 Å². The molecule has 24 heavy (non-hydrogen) atoms. The minimum atomic E-state index is 0.711. The van der Waals surface area contributed by atoms with Gasteiger partial charge in [-0.1, -0.05) is 37.3 Å². The van der Waals surface area contributed by atoms with E-state index in [1.165, 1.54) is 5.56 Å². The Morgan fingerprint density at radius 1 is 1.04 bits per heavy atom. The third-order valence-corrected chi connectivity index (χ3v) is 4.25. The third kappa shape index (κ3) is 2.50. The van der Waals surface area contributed by atoms with Crippen LogP contribution >= 0.6 is 0 Å². The fourth-order valence-corrected chi connectivity index (χ4v) is 2.96. The molecule has 0 saturated carbocycles. The van der Waals surface area contributed by atoms with Crippen molar-refractivity contribution in [3.63, 3.8) is 0 Å². The van der Waals surface area contributed by atoms with E-state index >= 15 is 0 Å². The maximum Gasteiger partial charge on any atom is 0.177 e. The van der Waals surface area contributed by atoms with Gasteiger partial charge in [-0.15, -0.1) is 0 Å². The van der Waals surface area contributed by atoms with Gasteiger partial charge in [0.05, 0.1) is 24.5 Å². The van der Waals surface area contributed by atoms with Crippen molar-refractivity contribution in [3.8, 4) is 11.4 Å². The van der Waals surface area contributed by atoms with Crippen LogP contribution in [0.1, 0.15) is 24.6 Å². The average molecular weight is 320 g/mol. The normalized spacial score (nSPS) is 11.4. The summed E-state index contributed by atoms with van der Waals surface area (Å²) >= 11 is 0. The number of benzene rings is 1. The van der Waals surface area contributed by atoms with Crippen LogP contribution in [-0.4, -0.2) is 29.5 Å². The summed E-state index contributed by atoms with van der Waals surface area (Å²) < 4.78 is 3.95. The lowest BCUT2D eigenvalue weighted by Gasteiger charge is -2.02. The molecule has 6 heteroatoms. The second-order valence-corrected chi connectivity index (χ2v) is 5.98. The SMILES string of the molecule is CCCn1ncc(-c2nc3c(cnn3Cc3ccccc3)[nH]2)c1C. The molecule has 3 aromatic heterocycles. The van der Waals surface area contributed by atoms with Crippen LogP contribution in [0.2, 0.25) is 0 Å². The van der Waals surface area contributed by atoms with Crippen molar-refractivity contribution >= 4 is 11.2 Å². The van der Waals surface area contributed by atoms with E-state index in [-0.39, 0.29) is 0 Å². The van der Waals surface area contributed by atoms with Gasteiger partial charge >= 0.3 is 0 Å². The van der Waals surface area contributed by atoms with Crippen LogP contribution in [0.4, 0.5) is 0 Å². The first-order valence-corrected chi connectivity index (χ1v) is 8.24. The van der Waals surface area contributed by atoms with Crippen LogP contribution in [0.3, 0.4) is 0 Å². The van der Waals surface area contributed by atoms with Gasteiger partial charge in [-0.3, -0.25) is 4.68 Å². The molecule has 3 heterocycles. The van der Waals surface area contributed by atoms with Gasteiger partial charge in [0.1, 0.15) is 11.3 Å². The topological polar surface area (TPSA) is 64.3 Å². The Morgan fingerprint density at radius 3 is 2.62 bits per heavy atom. The quantitative estimate of drug-likeness (QED) is 0.613. The van der Waals surface area contributed by atoms with Crippen LogP contribution in [0.15, 0.2) is 42.7 Å². The summed E-state index contributed by atoms with van der Waals surface area (Å²) in [5.74, 6) is 0.851. The predicted octanol–water partition coefficient (Wildman–Crippen LogP) is 3.39. The first kappa shape index (κ1) is 14.7. The minimum Gasteiger partial charge on any atom is -0.335 e. The molecule has 1 N–H and O–H groups in total. The monoisotopic (exact) mass is 320 g/mol. The lowest BCUT2D eigenvalue weighted by Crippen LogP contribution is -2.02. The molecule has 4 aromatic rings. The van der Waals surface area contributed by atoms with E-state index in [4.69, 9.17) is 4.98 Å². The maximum atomic E-state index is 4.76. The van der Waals surface area contributed by atoms with Crippen LogP contribution in [0, 0.1) is 6.92 Å². The number of nitrogens with one attached hydrogen (secondary N) is 1. The number of hydrogen-bond acceptors (Lipinski definition) is 3. The molecule has 0 radical (unpaired) electrons. The third-order valence-electron chi connectivity index (χ3n) is 4.25. The van der Waals surface area contributed by atoms with Gasteiger partial charge in [-0.25, -0.2) is 9.67 Å². The fourth-order valence-electron chi connectivity index (χ4n) is 2.96. The largest absolute Gasteiger partial charge is 0.335 e. The van der Waals surface area contributed by atoms with Crippen LogP contribution in [0.5, 0.6) is 0 Å². The smallest absolute Gasteiger partial charge is 0.177 e. The highest BCUT2D eigenvalue weighted by Crippen LogP contribution is 2.23. The van der Waals surface area contributed by atoms with Gasteiger partial charge in [0.2, 0.25) is 0 Å². The summed E-state index contributed by atoms with van der Waals surface area (Å²) in [6.07, 6.45) is 4.78. The zero-order valence-electron chi connectivity index (χ0n) is 13.9. The van der Waals surface area contributed by atoms with Gasteiger partial charge in [0, 0.05) is 12.2 Å². The van der Waals surface area contributed by atoms with E-state index in [0.717, 1.165) is 41.2 Å². The Kier molecular flexibility index (Phi) is 3.65. The predicted molar refractivity (Wildman–Crippen MR) is 93.7 cm³/mol. The minimum absolute atomic E-state index is 0.711. The van der Waals surface area contributed by atoms with Gasteiger partial charge in [-0.05, 0) is 18.9 Å². The number of nitrogens with zero attached hydrogens (tertiary/aromatic N) is 5. The number of aryl methyl sites for hydroxylation is 1. The molecule has 0 spiro atoms. The molecule has 0 aliphatic rings. The number of aromatic nitrogens is 6. The Bertz CT molecular complexity index is 960. The van der Waals surface area contributed by atoms with E-state index in [1.54, 1.807) is 0 Å². The van der Waals surface area contributed by atoms with E-state index in [1.807, 2.05) is 40.0 Å². The summed E-state index contributed by atoms with van der Waals surface area (Å²) in [6, 6.07) is 10.3.